The van der Waals surface area contributed by atoms with Gasteiger partial charge in [0.25, 0.3) is 0 Å². The Hall–Kier alpha value is -0.630. The first kappa shape index (κ1) is 8.47. The summed E-state index contributed by atoms with van der Waals surface area (Å²) >= 11 is 0. The molecular weight excluding hydrogens is 156 g/mol. The van der Waals surface area contributed by atoms with Gasteiger partial charge in [0.1, 0.15) is 18.3 Å². The van der Waals surface area contributed by atoms with E-state index in [1.165, 1.54) is 10.5 Å². The highest BCUT2D eigenvalue weighted by Crippen LogP contribution is 2.20. The predicted octanol–water partition coefficient (Wildman–Crippen LogP) is 1.94. The van der Waals surface area contributed by atoms with E-state index in [0.717, 1.165) is 0 Å². The zero-order valence-corrected chi connectivity index (χ0v) is 7.90. The summed E-state index contributed by atoms with van der Waals surface area (Å²) in [5.41, 5.74) is 1.26. The van der Waals surface area contributed by atoms with Gasteiger partial charge in [-0.05, 0) is 13.0 Å². The summed E-state index contributed by atoms with van der Waals surface area (Å²) in [6.45, 7) is 2.07. The predicted molar refractivity (Wildman–Crippen MR) is 50.3 cm³/mol. The van der Waals surface area contributed by atoms with E-state index in [4.69, 9.17) is 0 Å². The molecule has 1 nitrogen and oxygen atoms in total. The van der Waals surface area contributed by atoms with Gasteiger partial charge < -0.3 is 5.11 Å². The highest BCUT2D eigenvalue weighted by Gasteiger charge is 2.11. The standard InChI is InChI=1S/C9H12OS/c1-7-4-5-8(10)6-9(7)11(2)3/h4-6H,1-3H3/p+1. The van der Waals surface area contributed by atoms with Crippen molar-refractivity contribution in [2.24, 2.45) is 0 Å². The number of phenolic OH excluding ortho intramolecular Hbond substituents is 1. The van der Waals surface area contributed by atoms with Crippen LogP contribution in [0.2, 0.25) is 0 Å². The fraction of sp³-hybridized carbons (Fsp3) is 0.333. The Morgan fingerprint density at radius 1 is 1.27 bits per heavy atom. The molecule has 1 rings (SSSR count). The quantitative estimate of drug-likeness (QED) is 0.637. The summed E-state index contributed by atoms with van der Waals surface area (Å²) in [5, 5.41) is 9.19. The van der Waals surface area contributed by atoms with Crippen molar-refractivity contribution in [1.29, 1.82) is 0 Å². The van der Waals surface area contributed by atoms with E-state index in [2.05, 4.69) is 19.4 Å². The fourth-order valence-electron chi connectivity index (χ4n) is 1.03. The van der Waals surface area contributed by atoms with Gasteiger partial charge in [-0.25, -0.2) is 0 Å². The van der Waals surface area contributed by atoms with Gasteiger partial charge in [-0.1, -0.05) is 6.07 Å². The first-order valence-corrected chi connectivity index (χ1v) is 5.52. The average molecular weight is 169 g/mol. The topological polar surface area (TPSA) is 20.2 Å². The maximum atomic E-state index is 9.19. The number of phenols is 1. The first-order chi connectivity index (χ1) is 5.11. The zero-order valence-electron chi connectivity index (χ0n) is 7.09. The minimum Gasteiger partial charge on any atom is -0.508 e. The second-order valence-electron chi connectivity index (χ2n) is 2.77. The zero-order chi connectivity index (χ0) is 8.43. The van der Waals surface area contributed by atoms with Crippen molar-refractivity contribution < 1.29 is 5.11 Å². The molecule has 0 aromatic heterocycles. The molecule has 2 heteroatoms. The second kappa shape index (κ2) is 3.18. The molecule has 0 saturated carbocycles. The van der Waals surface area contributed by atoms with E-state index in [0.29, 0.717) is 5.75 Å². The lowest BCUT2D eigenvalue weighted by molar-refractivity contribution is 0.473. The Labute approximate surface area is 70.4 Å². The van der Waals surface area contributed by atoms with Crippen LogP contribution in [-0.4, -0.2) is 17.6 Å². The lowest BCUT2D eigenvalue weighted by Gasteiger charge is -2.00. The molecule has 0 aliphatic heterocycles. The minimum absolute atomic E-state index is 0.239. The Balaban J connectivity index is 3.13. The highest BCUT2D eigenvalue weighted by atomic mass is 32.2. The van der Waals surface area contributed by atoms with E-state index in [-0.39, 0.29) is 10.9 Å². The third kappa shape index (κ3) is 1.90. The summed E-state index contributed by atoms with van der Waals surface area (Å²) < 4.78 is 0. The van der Waals surface area contributed by atoms with Gasteiger partial charge in [-0.15, -0.1) is 0 Å². The number of aromatic hydroxyl groups is 1. The number of hydrogen-bond acceptors (Lipinski definition) is 1. The van der Waals surface area contributed by atoms with Crippen LogP contribution >= 0.6 is 0 Å². The van der Waals surface area contributed by atoms with Crippen molar-refractivity contribution in [1.82, 2.24) is 0 Å². The van der Waals surface area contributed by atoms with Crippen molar-refractivity contribution in [3.63, 3.8) is 0 Å². The summed E-state index contributed by atoms with van der Waals surface area (Å²) in [6, 6.07) is 5.53. The maximum absolute atomic E-state index is 9.19. The van der Waals surface area contributed by atoms with Gasteiger partial charge in [0, 0.05) is 22.5 Å². The van der Waals surface area contributed by atoms with Crippen LogP contribution < -0.4 is 0 Å². The Morgan fingerprint density at radius 3 is 2.36 bits per heavy atom. The molecule has 0 aliphatic rings. The lowest BCUT2D eigenvalue weighted by atomic mass is 10.2. The van der Waals surface area contributed by atoms with E-state index in [1.807, 2.05) is 12.1 Å². The van der Waals surface area contributed by atoms with Crippen LogP contribution in [0, 0.1) is 6.92 Å². The van der Waals surface area contributed by atoms with E-state index in [9.17, 15) is 5.11 Å². The molecule has 0 aliphatic carbocycles. The van der Waals surface area contributed by atoms with E-state index >= 15 is 0 Å². The molecular formula is C9H13OS+. The molecule has 0 fully saturated rings. The van der Waals surface area contributed by atoms with Gasteiger partial charge in [0.2, 0.25) is 0 Å². The van der Waals surface area contributed by atoms with Crippen LogP contribution in [0.1, 0.15) is 5.56 Å². The molecule has 0 heterocycles. The van der Waals surface area contributed by atoms with Gasteiger partial charge in [-0.2, -0.15) is 0 Å². The third-order valence-electron chi connectivity index (χ3n) is 1.61. The van der Waals surface area contributed by atoms with Crippen molar-refractivity contribution in [2.45, 2.75) is 11.8 Å². The molecule has 1 aromatic carbocycles. The van der Waals surface area contributed by atoms with Gasteiger partial charge >= 0.3 is 0 Å². The van der Waals surface area contributed by atoms with Crippen LogP contribution in [0.3, 0.4) is 0 Å². The smallest absolute Gasteiger partial charge is 0.160 e. The van der Waals surface area contributed by atoms with Crippen LogP contribution in [0.25, 0.3) is 0 Å². The third-order valence-corrected chi connectivity index (χ3v) is 2.93. The maximum Gasteiger partial charge on any atom is 0.160 e. The molecule has 0 atom stereocenters. The number of benzene rings is 1. The van der Waals surface area contributed by atoms with Crippen molar-refractivity contribution in [3.05, 3.63) is 23.8 Å². The monoisotopic (exact) mass is 169 g/mol. The molecule has 0 radical (unpaired) electrons. The molecule has 0 amide bonds. The van der Waals surface area contributed by atoms with Crippen LogP contribution in [0.5, 0.6) is 5.75 Å². The van der Waals surface area contributed by atoms with E-state index in [1.54, 1.807) is 6.07 Å². The minimum atomic E-state index is 0.239. The molecule has 11 heavy (non-hydrogen) atoms. The van der Waals surface area contributed by atoms with E-state index < -0.39 is 0 Å². The van der Waals surface area contributed by atoms with Crippen LogP contribution in [-0.2, 0) is 10.9 Å². The molecule has 1 aromatic rings. The van der Waals surface area contributed by atoms with Crippen LogP contribution in [0.4, 0.5) is 0 Å². The van der Waals surface area contributed by atoms with Crippen molar-refractivity contribution in [3.8, 4) is 5.75 Å². The Morgan fingerprint density at radius 2 is 1.91 bits per heavy atom. The Kier molecular flexibility index (Phi) is 2.45. The van der Waals surface area contributed by atoms with Crippen molar-refractivity contribution >= 4 is 10.9 Å². The summed E-state index contributed by atoms with van der Waals surface area (Å²) in [6.07, 6.45) is 4.31. The largest absolute Gasteiger partial charge is 0.508 e. The molecule has 0 unspecified atom stereocenters. The van der Waals surface area contributed by atoms with Crippen molar-refractivity contribution in [2.75, 3.05) is 12.5 Å². The highest BCUT2D eigenvalue weighted by molar-refractivity contribution is 7.95. The molecule has 0 bridgehead atoms. The summed E-state index contributed by atoms with van der Waals surface area (Å²) in [4.78, 5) is 1.25. The van der Waals surface area contributed by atoms with Gasteiger partial charge in [0.15, 0.2) is 4.90 Å². The second-order valence-corrected chi connectivity index (χ2v) is 4.84. The molecule has 60 valence electrons. The number of rotatable bonds is 1. The summed E-state index contributed by atoms with van der Waals surface area (Å²) in [5.74, 6) is 0.367. The fourth-order valence-corrected chi connectivity index (χ4v) is 2.10. The average Bonchev–Trinajstić information content (AvgIpc) is 1.94. The number of aryl methyl sites for hydroxylation is 1. The normalized spacial score (nSPS) is 10.5. The lowest BCUT2D eigenvalue weighted by Crippen LogP contribution is -1.97. The SMILES string of the molecule is Cc1ccc(O)cc1[S+](C)C. The summed E-state index contributed by atoms with van der Waals surface area (Å²) in [7, 11) is 0.239. The number of hydrogen-bond donors (Lipinski definition) is 1. The molecule has 0 saturated heterocycles. The van der Waals surface area contributed by atoms with Crippen LogP contribution in [0.15, 0.2) is 23.1 Å². The first-order valence-electron chi connectivity index (χ1n) is 3.48. The molecule has 0 spiro atoms. The Bertz CT molecular complexity index is 256. The van der Waals surface area contributed by atoms with Gasteiger partial charge in [-0.3, -0.25) is 0 Å². The van der Waals surface area contributed by atoms with Gasteiger partial charge in [0.05, 0.1) is 0 Å². The molecule has 1 N–H and O–H groups in total.